The summed E-state index contributed by atoms with van der Waals surface area (Å²) < 4.78 is 0. The third-order valence-electron chi connectivity index (χ3n) is 5.46. The molecule has 0 saturated heterocycles. The Labute approximate surface area is 200 Å². The molecule has 0 heterocycles. The molecule has 0 spiro atoms. The number of carbonyl (C=O) groups excluding carboxylic acids is 5. The molecule has 0 bridgehead atoms. The van der Waals surface area contributed by atoms with Crippen LogP contribution in [-0.2, 0) is 24.0 Å². The van der Waals surface area contributed by atoms with E-state index in [1.54, 1.807) is 0 Å². The van der Waals surface area contributed by atoms with Gasteiger partial charge in [0.1, 0.15) is 11.6 Å². The minimum atomic E-state index is -0.623. The lowest BCUT2D eigenvalue weighted by Gasteiger charge is -2.26. The number of rotatable bonds is 13. The summed E-state index contributed by atoms with van der Waals surface area (Å²) in [4.78, 5) is 61.2. The fourth-order valence-corrected chi connectivity index (χ4v) is 3.05. The summed E-state index contributed by atoms with van der Waals surface area (Å²) in [5, 5.41) is 5.62. The number of nitrogens with one attached hydrogen (secondary N) is 2. The molecule has 7 heteroatoms. The van der Waals surface area contributed by atoms with Crippen molar-refractivity contribution < 1.29 is 24.0 Å². The van der Waals surface area contributed by atoms with Crippen LogP contribution in [0.4, 0.5) is 0 Å². The van der Waals surface area contributed by atoms with E-state index >= 15 is 0 Å². The molecule has 0 aromatic carbocycles. The van der Waals surface area contributed by atoms with Gasteiger partial charge in [0.25, 0.3) is 0 Å². The molecule has 1 atom stereocenters. The topological polar surface area (TPSA) is 109 Å². The van der Waals surface area contributed by atoms with Crippen molar-refractivity contribution in [2.45, 2.75) is 113 Å². The molecule has 0 aliphatic heterocycles. The zero-order valence-corrected chi connectivity index (χ0v) is 22.3. The van der Waals surface area contributed by atoms with Crippen LogP contribution in [0.15, 0.2) is 0 Å². The van der Waals surface area contributed by atoms with E-state index in [0.717, 1.165) is 0 Å². The van der Waals surface area contributed by atoms with Gasteiger partial charge >= 0.3 is 0 Å². The first-order valence-corrected chi connectivity index (χ1v) is 12.0. The molecule has 1 unspecified atom stereocenters. The Hall–Kier alpha value is -2.05. The molecular formula is C26H46N2O5. The second-order valence-corrected chi connectivity index (χ2v) is 11.9. The molecule has 7 nitrogen and oxygen atoms in total. The molecule has 33 heavy (non-hydrogen) atoms. The zero-order chi connectivity index (χ0) is 26.0. The molecule has 190 valence electrons. The number of Topliss-reactive ketones (excluding diaryl/α,β-unsaturated/α-hetero) is 3. The van der Waals surface area contributed by atoms with E-state index < -0.39 is 22.3 Å². The number of hydrogen-bond acceptors (Lipinski definition) is 5. The number of hydrogen-bond donors (Lipinski definition) is 2. The van der Waals surface area contributed by atoms with Crippen LogP contribution in [0, 0.1) is 16.2 Å². The van der Waals surface area contributed by atoms with Crippen molar-refractivity contribution in [2.24, 2.45) is 16.2 Å². The van der Waals surface area contributed by atoms with Gasteiger partial charge in [0.2, 0.25) is 11.8 Å². The summed E-state index contributed by atoms with van der Waals surface area (Å²) in [6.07, 6.45) is 2.38. The largest absolute Gasteiger partial charge is 0.356 e. The van der Waals surface area contributed by atoms with Crippen LogP contribution in [-0.4, -0.2) is 41.8 Å². The summed E-state index contributed by atoms with van der Waals surface area (Å²) in [5.41, 5.74) is -1.54. The smallest absolute Gasteiger partial charge is 0.221 e. The van der Waals surface area contributed by atoms with Crippen LogP contribution >= 0.6 is 0 Å². The molecule has 2 amide bonds. The highest BCUT2D eigenvalue weighted by atomic mass is 16.2. The maximum absolute atomic E-state index is 12.8. The first-order valence-electron chi connectivity index (χ1n) is 12.0. The van der Waals surface area contributed by atoms with Gasteiger partial charge in [-0.3, -0.25) is 24.0 Å². The minimum Gasteiger partial charge on any atom is -0.356 e. The van der Waals surface area contributed by atoms with Crippen LogP contribution in [0.25, 0.3) is 0 Å². The summed E-state index contributed by atoms with van der Waals surface area (Å²) >= 11 is 0. The number of amides is 2. The van der Waals surface area contributed by atoms with Gasteiger partial charge in [-0.1, -0.05) is 62.3 Å². The average molecular weight is 467 g/mol. The minimum absolute atomic E-state index is 0.0105. The van der Waals surface area contributed by atoms with Crippen molar-refractivity contribution in [3.63, 3.8) is 0 Å². The van der Waals surface area contributed by atoms with Gasteiger partial charge in [0, 0.05) is 48.5 Å². The molecule has 0 saturated carbocycles. The van der Waals surface area contributed by atoms with E-state index in [0.29, 0.717) is 25.8 Å². The molecule has 0 aromatic rings. The number of unbranched alkanes of at least 4 members (excludes halogenated alkanes) is 1. The van der Waals surface area contributed by atoms with Gasteiger partial charge in [0.05, 0.1) is 6.04 Å². The average Bonchev–Trinajstić information content (AvgIpc) is 2.66. The van der Waals surface area contributed by atoms with Crippen molar-refractivity contribution in [1.29, 1.82) is 0 Å². The summed E-state index contributed by atoms with van der Waals surface area (Å²) in [6.45, 7) is 16.9. The normalized spacial score (nSPS) is 13.2. The summed E-state index contributed by atoms with van der Waals surface area (Å²) in [6, 6.07) is -0.623. The van der Waals surface area contributed by atoms with Crippen LogP contribution < -0.4 is 10.6 Å². The summed E-state index contributed by atoms with van der Waals surface area (Å²) in [5.74, 6) is -0.445. The lowest BCUT2D eigenvalue weighted by atomic mass is 9.84. The Morgan fingerprint density at radius 2 is 1.06 bits per heavy atom. The van der Waals surface area contributed by atoms with Crippen LogP contribution in [0.3, 0.4) is 0 Å². The Bertz CT molecular complexity index is 706. The third kappa shape index (κ3) is 13.3. The fraction of sp³-hybridized carbons (Fsp3) is 0.808. The Kier molecular flexibility index (Phi) is 12.2. The van der Waals surface area contributed by atoms with Crippen LogP contribution in [0.5, 0.6) is 0 Å². The standard InChI is InChI=1S/C26H46N2O5/c1-24(2,3)19(29)13-15-21(31)27-17-11-10-12-18(23(33)26(7,8)9)28-22(32)16-14-20(30)25(4,5)6/h18H,10-17H2,1-9H3,(H,27,31)(H,28,32). The Morgan fingerprint density at radius 3 is 1.48 bits per heavy atom. The molecule has 0 aliphatic rings. The SMILES string of the molecule is CC(C)(C)C(=O)CCC(=O)NCCCCC(NC(=O)CCC(=O)C(C)(C)C)C(=O)C(C)(C)C. The van der Waals surface area contributed by atoms with Gasteiger partial charge in [-0.25, -0.2) is 0 Å². The van der Waals surface area contributed by atoms with E-state index in [9.17, 15) is 24.0 Å². The van der Waals surface area contributed by atoms with E-state index in [4.69, 9.17) is 0 Å². The Morgan fingerprint density at radius 1 is 0.606 bits per heavy atom. The van der Waals surface area contributed by atoms with Gasteiger partial charge in [0.15, 0.2) is 5.78 Å². The first kappa shape index (κ1) is 30.9. The highest BCUT2D eigenvalue weighted by Gasteiger charge is 2.31. The number of ketones is 3. The highest BCUT2D eigenvalue weighted by molar-refractivity contribution is 5.93. The van der Waals surface area contributed by atoms with Crippen molar-refractivity contribution >= 4 is 29.2 Å². The second kappa shape index (κ2) is 13.0. The molecule has 2 N–H and O–H groups in total. The van der Waals surface area contributed by atoms with Gasteiger partial charge in [-0.15, -0.1) is 0 Å². The van der Waals surface area contributed by atoms with Gasteiger partial charge in [-0.05, 0) is 19.3 Å². The first-order chi connectivity index (χ1) is 14.9. The lowest BCUT2D eigenvalue weighted by molar-refractivity contribution is -0.133. The van der Waals surface area contributed by atoms with Crippen molar-refractivity contribution in [3.8, 4) is 0 Å². The van der Waals surface area contributed by atoms with Crippen molar-refractivity contribution in [3.05, 3.63) is 0 Å². The zero-order valence-electron chi connectivity index (χ0n) is 22.3. The summed E-state index contributed by atoms with van der Waals surface area (Å²) in [7, 11) is 0. The fourth-order valence-electron chi connectivity index (χ4n) is 3.05. The second-order valence-electron chi connectivity index (χ2n) is 11.9. The predicted octanol–water partition coefficient (Wildman–Crippen LogP) is 4.16. The molecule has 0 rings (SSSR count). The molecular weight excluding hydrogens is 420 g/mol. The van der Waals surface area contributed by atoms with E-state index in [2.05, 4.69) is 10.6 Å². The molecule has 0 aromatic heterocycles. The van der Waals surface area contributed by atoms with Gasteiger partial charge in [-0.2, -0.15) is 0 Å². The maximum atomic E-state index is 12.8. The van der Waals surface area contributed by atoms with Crippen LogP contribution in [0.2, 0.25) is 0 Å². The van der Waals surface area contributed by atoms with E-state index in [1.807, 2.05) is 62.3 Å². The molecule has 0 fully saturated rings. The predicted molar refractivity (Wildman–Crippen MR) is 131 cm³/mol. The Balaban J connectivity index is 4.58. The van der Waals surface area contributed by atoms with Crippen LogP contribution in [0.1, 0.15) is 107 Å². The monoisotopic (exact) mass is 466 g/mol. The third-order valence-corrected chi connectivity index (χ3v) is 5.46. The van der Waals surface area contributed by atoms with E-state index in [1.165, 1.54) is 0 Å². The number of carbonyl (C=O) groups is 5. The maximum Gasteiger partial charge on any atom is 0.221 e. The van der Waals surface area contributed by atoms with Crippen molar-refractivity contribution in [1.82, 2.24) is 10.6 Å². The highest BCUT2D eigenvalue weighted by Crippen LogP contribution is 2.21. The molecule has 0 radical (unpaired) electrons. The van der Waals surface area contributed by atoms with Gasteiger partial charge < -0.3 is 10.6 Å². The quantitative estimate of drug-likeness (QED) is 0.396. The van der Waals surface area contributed by atoms with Crippen molar-refractivity contribution in [2.75, 3.05) is 6.54 Å². The lowest BCUT2D eigenvalue weighted by Crippen LogP contribution is -2.45. The van der Waals surface area contributed by atoms with E-state index in [-0.39, 0.29) is 54.8 Å². The molecule has 0 aliphatic carbocycles.